The average Bonchev–Trinajstić information content (AvgIpc) is 2.39. The van der Waals surface area contributed by atoms with E-state index in [2.05, 4.69) is 0 Å². The lowest BCUT2D eigenvalue weighted by Gasteiger charge is -2.10. The molecule has 0 radical (unpaired) electrons. The lowest BCUT2D eigenvalue weighted by molar-refractivity contribution is -0.137. The molecule has 0 aliphatic carbocycles. The normalized spacial score (nSPS) is 12.1. The quantitative estimate of drug-likeness (QED) is 0.898. The number of benzene rings is 2. The van der Waals surface area contributed by atoms with Crippen molar-refractivity contribution in [3.8, 4) is 11.1 Å². The number of halogens is 1. The van der Waals surface area contributed by atoms with Crippen molar-refractivity contribution in [3.63, 3.8) is 0 Å². The standard InChI is InChI=1S/C15H14ClNO2/c16-13-4-2-1-3-12(13)10-5-7-11(8-6-10)14(17)9-15(18)19/h1-8,14H,9,17H2,(H,18,19). The molecule has 2 aromatic carbocycles. The van der Waals surface area contributed by atoms with Gasteiger partial charge < -0.3 is 10.8 Å². The van der Waals surface area contributed by atoms with Gasteiger partial charge in [-0.1, -0.05) is 54.1 Å². The van der Waals surface area contributed by atoms with E-state index < -0.39 is 12.0 Å². The summed E-state index contributed by atoms with van der Waals surface area (Å²) in [5, 5.41) is 9.40. The van der Waals surface area contributed by atoms with Crippen LogP contribution in [0.1, 0.15) is 18.0 Å². The highest BCUT2D eigenvalue weighted by Gasteiger charge is 2.11. The maximum Gasteiger partial charge on any atom is 0.305 e. The molecule has 0 bridgehead atoms. The minimum atomic E-state index is -0.900. The number of hydrogen-bond acceptors (Lipinski definition) is 2. The molecule has 4 heteroatoms. The van der Waals surface area contributed by atoms with Crippen LogP contribution in [-0.4, -0.2) is 11.1 Å². The zero-order chi connectivity index (χ0) is 13.8. The third kappa shape index (κ3) is 3.34. The number of rotatable bonds is 4. The maximum atomic E-state index is 10.6. The van der Waals surface area contributed by atoms with Crippen molar-refractivity contribution >= 4 is 17.6 Å². The highest BCUT2D eigenvalue weighted by atomic mass is 35.5. The molecule has 0 amide bonds. The third-order valence-electron chi connectivity index (χ3n) is 2.92. The lowest BCUT2D eigenvalue weighted by atomic mass is 10.00. The van der Waals surface area contributed by atoms with Crippen LogP contribution in [0.25, 0.3) is 11.1 Å². The Morgan fingerprint density at radius 3 is 2.37 bits per heavy atom. The molecule has 0 aromatic heterocycles. The van der Waals surface area contributed by atoms with Crippen molar-refractivity contribution in [2.75, 3.05) is 0 Å². The summed E-state index contributed by atoms with van der Waals surface area (Å²) < 4.78 is 0. The van der Waals surface area contributed by atoms with Crippen LogP contribution in [-0.2, 0) is 4.79 Å². The smallest absolute Gasteiger partial charge is 0.305 e. The van der Waals surface area contributed by atoms with Crippen LogP contribution in [0.2, 0.25) is 5.02 Å². The number of carboxylic acid groups (broad SMARTS) is 1. The summed E-state index contributed by atoms with van der Waals surface area (Å²) in [7, 11) is 0. The van der Waals surface area contributed by atoms with Crippen molar-refractivity contribution < 1.29 is 9.90 Å². The average molecular weight is 276 g/mol. The number of carboxylic acids is 1. The monoisotopic (exact) mass is 275 g/mol. The molecule has 19 heavy (non-hydrogen) atoms. The third-order valence-corrected chi connectivity index (χ3v) is 3.25. The predicted octanol–water partition coefficient (Wildman–Crippen LogP) is 3.48. The zero-order valence-electron chi connectivity index (χ0n) is 10.2. The van der Waals surface area contributed by atoms with Gasteiger partial charge in [0.15, 0.2) is 0 Å². The molecule has 98 valence electrons. The van der Waals surface area contributed by atoms with E-state index in [9.17, 15) is 4.79 Å². The molecule has 0 aliphatic rings. The van der Waals surface area contributed by atoms with Crippen LogP contribution < -0.4 is 5.73 Å². The maximum absolute atomic E-state index is 10.6. The Labute approximate surface area is 116 Å². The van der Waals surface area contributed by atoms with Gasteiger partial charge in [0.2, 0.25) is 0 Å². The van der Waals surface area contributed by atoms with Crippen molar-refractivity contribution in [1.29, 1.82) is 0 Å². The second kappa shape index (κ2) is 5.87. The Morgan fingerprint density at radius 2 is 1.79 bits per heavy atom. The Bertz CT molecular complexity index is 581. The van der Waals surface area contributed by atoms with Gasteiger partial charge in [-0.3, -0.25) is 4.79 Å². The highest BCUT2D eigenvalue weighted by molar-refractivity contribution is 6.33. The minimum Gasteiger partial charge on any atom is -0.481 e. The molecule has 0 aliphatic heterocycles. The molecular formula is C15H14ClNO2. The molecule has 1 atom stereocenters. The number of aliphatic carboxylic acids is 1. The Balaban J connectivity index is 2.24. The Morgan fingerprint density at radius 1 is 1.16 bits per heavy atom. The summed E-state index contributed by atoms with van der Waals surface area (Å²) in [5.41, 5.74) is 8.54. The van der Waals surface area contributed by atoms with Gasteiger partial charge in [-0.2, -0.15) is 0 Å². The topological polar surface area (TPSA) is 63.3 Å². The van der Waals surface area contributed by atoms with Crippen molar-refractivity contribution in [2.45, 2.75) is 12.5 Å². The first-order chi connectivity index (χ1) is 9.08. The first kappa shape index (κ1) is 13.6. The van der Waals surface area contributed by atoms with Gasteiger partial charge in [-0.05, 0) is 17.2 Å². The van der Waals surface area contributed by atoms with Gasteiger partial charge in [0.1, 0.15) is 0 Å². The Hall–Kier alpha value is -1.84. The molecule has 1 unspecified atom stereocenters. The van der Waals surface area contributed by atoms with Crippen molar-refractivity contribution in [3.05, 3.63) is 59.1 Å². The van der Waals surface area contributed by atoms with Gasteiger partial charge >= 0.3 is 5.97 Å². The fourth-order valence-corrected chi connectivity index (χ4v) is 2.16. The van der Waals surface area contributed by atoms with E-state index in [1.807, 2.05) is 48.5 Å². The van der Waals surface area contributed by atoms with Crippen LogP contribution in [0.3, 0.4) is 0 Å². The second-order valence-electron chi connectivity index (χ2n) is 4.31. The van der Waals surface area contributed by atoms with Crippen LogP contribution in [0.5, 0.6) is 0 Å². The van der Waals surface area contributed by atoms with Gasteiger partial charge in [0, 0.05) is 16.6 Å². The van der Waals surface area contributed by atoms with Crippen LogP contribution in [0.15, 0.2) is 48.5 Å². The summed E-state index contributed by atoms with van der Waals surface area (Å²) in [4.78, 5) is 10.6. The van der Waals surface area contributed by atoms with E-state index in [1.54, 1.807) is 0 Å². The fourth-order valence-electron chi connectivity index (χ4n) is 1.91. The Kier molecular flexibility index (Phi) is 4.20. The molecule has 0 heterocycles. The zero-order valence-corrected chi connectivity index (χ0v) is 11.0. The second-order valence-corrected chi connectivity index (χ2v) is 4.71. The number of hydrogen-bond donors (Lipinski definition) is 2. The highest BCUT2D eigenvalue weighted by Crippen LogP contribution is 2.28. The first-order valence-electron chi connectivity index (χ1n) is 5.90. The van der Waals surface area contributed by atoms with E-state index >= 15 is 0 Å². The first-order valence-corrected chi connectivity index (χ1v) is 6.28. The SMILES string of the molecule is NC(CC(=O)O)c1ccc(-c2ccccc2Cl)cc1. The largest absolute Gasteiger partial charge is 0.481 e. The molecule has 2 rings (SSSR count). The van der Waals surface area contributed by atoms with E-state index in [1.165, 1.54) is 0 Å². The van der Waals surface area contributed by atoms with Crippen molar-refractivity contribution in [2.24, 2.45) is 5.73 Å². The molecule has 2 aromatic rings. The molecule has 0 fully saturated rings. The number of carbonyl (C=O) groups is 1. The summed E-state index contributed by atoms with van der Waals surface area (Å²) in [6, 6.07) is 14.6. The molecule has 3 N–H and O–H groups in total. The van der Waals surface area contributed by atoms with Crippen LogP contribution in [0, 0.1) is 0 Å². The number of nitrogens with two attached hydrogens (primary N) is 1. The van der Waals surface area contributed by atoms with Gasteiger partial charge in [-0.15, -0.1) is 0 Å². The molecule has 0 spiro atoms. The lowest BCUT2D eigenvalue weighted by Crippen LogP contribution is -2.14. The summed E-state index contributed by atoms with van der Waals surface area (Å²) >= 11 is 6.13. The van der Waals surface area contributed by atoms with Gasteiger partial charge in [-0.25, -0.2) is 0 Å². The van der Waals surface area contributed by atoms with E-state index in [0.29, 0.717) is 5.02 Å². The summed E-state index contributed by atoms with van der Waals surface area (Å²) in [5.74, 6) is -0.900. The summed E-state index contributed by atoms with van der Waals surface area (Å²) in [6.07, 6.45) is -0.0779. The minimum absolute atomic E-state index is 0.0779. The van der Waals surface area contributed by atoms with Gasteiger partial charge in [0.25, 0.3) is 0 Å². The van der Waals surface area contributed by atoms with Crippen LogP contribution in [0.4, 0.5) is 0 Å². The van der Waals surface area contributed by atoms with Crippen molar-refractivity contribution in [1.82, 2.24) is 0 Å². The molecular weight excluding hydrogens is 262 g/mol. The molecule has 0 saturated heterocycles. The predicted molar refractivity (Wildman–Crippen MR) is 76.1 cm³/mol. The van der Waals surface area contributed by atoms with E-state index in [0.717, 1.165) is 16.7 Å². The molecule has 0 saturated carbocycles. The van der Waals surface area contributed by atoms with Crippen LogP contribution >= 0.6 is 11.6 Å². The summed E-state index contributed by atoms with van der Waals surface area (Å²) in [6.45, 7) is 0. The van der Waals surface area contributed by atoms with E-state index in [4.69, 9.17) is 22.4 Å². The van der Waals surface area contributed by atoms with Gasteiger partial charge in [0.05, 0.1) is 6.42 Å². The molecule has 3 nitrogen and oxygen atoms in total. The fraction of sp³-hybridized carbons (Fsp3) is 0.133. The van der Waals surface area contributed by atoms with E-state index in [-0.39, 0.29) is 6.42 Å².